The number of anilines is 1. The molecule has 1 aromatic carbocycles. The Balaban J connectivity index is 1.90. The molecule has 0 aliphatic carbocycles. The number of ether oxygens (including phenoxy) is 1. The van der Waals surface area contributed by atoms with Crippen molar-refractivity contribution in [2.75, 3.05) is 12.3 Å². The second-order valence-corrected chi connectivity index (χ2v) is 5.05. The molecule has 0 aliphatic rings. The van der Waals surface area contributed by atoms with Crippen molar-refractivity contribution >= 4 is 33.0 Å². The maximum absolute atomic E-state index is 5.67. The Bertz CT molecular complexity index is 456. The van der Waals surface area contributed by atoms with Gasteiger partial charge in [0.05, 0.1) is 11.1 Å². The van der Waals surface area contributed by atoms with Gasteiger partial charge in [-0.3, -0.25) is 0 Å². The lowest BCUT2D eigenvalue weighted by molar-refractivity contribution is 0.320. The topological polar surface area (TPSA) is 35.2 Å². The molecule has 0 amide bonds. The highest BCUT2D eigenvalue weighted by Gasteiger charge is 2.01. The van der Waals surface area contributed by atoms with E-state index in [-0.39, 0.29) is 0 Å². The smallest absolute Gasteiger partial charge is 0.133 e. The van der Waals surface area contributed by atoms with Crippen LogP contribution in [0, 0.1) is 0 Å². The molecule has 0 fully saturated rings. The standard InChI is InChI=1S/C12H12BrNOS/c13-11-7-10(14)1-2-12(11)15-5-3-9-4-6-16-8-9/h1-2,4,6-8H,3,5,14H2. The van der Waals surface area contributed by atoms with E-state index in [0.717, 1.165) is 22.3 Å². The van der Waals surface area contributed by atoms with Gasteiger partial charge >= 0.3 is 0 Å². The van der Waals surface area contributed by atoms with E-state index in [9.17, 15) is 0 Å². The predicted molar refractivity (Wildman–Crippen MR) is 72.1 cm³/mol. The summed E-state index contributed by atoms with van der Waals surface area (Å²) in [6.07, 6.45) is 0.931. The summed E-state index contributed by atoms with van der Waals surface area (Å²) < 4.78 is 6.57. The molecule has 2 rings (SSSR count). The van der Waals surface area contributed by atoms with Crippen LogP contribution in [0.1, 0.15) is 5.56 Å². The molecule has 2 aromatic rings. The van der Waals surface area contributed by atoms with Gasteiger partial charge in [0.2, 0.25) is 0 Å². The van der Waals surface area contributed by atoms with E-state index in [0.29, 0.717) is 6.61 Å². The molecule has 0 saturated carbocycles. The van der Waals surface area contributed by atoms with Gasteiger partial charge in [-0.2, -0.15) is 11.3 Å². The van der Waals surface area contributed by atoms with Gasteiger partial charge in [0.25, 0.3) is 0 Å². The first-order valence-corrected chi connectivity index (χ1v) is 6.68. The maximum atomic E-state index is 5.67. The molecule has 0 radical (unpaired) electrons. The Kier molecular flexibility index (Phi) is 3.85. The first-order valence-electron chi connectivity index (χ1n) is 4.94. The minimum Gasteiger partial charge on any atom is -0.492 e. The number of hydrogen-bond donors (Lipinski definition) is 1. The SMILES string of the molecule is Nc1ccc(OCCc2ccsc2)c(Br)c1. The van der Waals surface area contributed by atoms with E-state index in [1.807, 2.05) is 18.2 Å². The molecule has 2 N–H and O–H groups in total. The second kappa shape index (κ2) is 5.37. The number of halogens is 1. The molecular formula is C12H12BrNOS. The number of benzene rings is 1. The number of nitrogens with two attached hydrogens (primary N) is 1. The van der Waals surface area contributed by atoms with Gasteiger partial charge in [0, 0.05) is 12.1 Å². The highest BCUT2D eigenvalue weighted by molar-refractivity contribution is 9.10. The van der Waals surface area contributed by atoms with Crippen LogP contribution >= 0.6 is 27.3 Å². The van der Waals surface area contributed by atoms with Gasteiger partial charge in [-0.25, -0.2) is 0 Å². The van der Waals surface area contributed by atoms with Gasteiger partial charge in [-0.05, 0) is 56.5 Å². The molecule has 84 valence electrons. The minimum absolute atomic E-state index is 0.680. The van der Waals surface area contributed by atoms with Crippen molar-refractivity contribution in [1.82, 2.24) is 0 Å². The molecule has 16 heavy (non-hydrogen) atoms. The van der Waals surface area contributed by atoms with Crippen LogP contribution < -0.4 is 10.5 Å². The van der Waals surface area contributed by atoms with Crippen molar-refractivity contribution < 1.29 is 4.74 Å². The molecule has 0 saturated heterocycles. The predicted octanol–water partition coefficient (Wildman–Crippen LogP) is 3.71. The Morgan fingerprint density at radius 3 is 2.88 bits per heavy atom. The van der Waals surface area contributed by atoms with Crippen LogP contribution in [0.25, 0.3) is 0 Å². The Morgan fingerprint density at radius 1 is 1.31 bits per heavy atom. The van der Waals surface area contributed by atoms with Crippen LogP contribution in [-0.4, -0.2) is 6.61 Å². The van der Waals surface area contributed by atoms with E-state index < -0.39 is 0 Å². The highest BCUT2D eigenvalue weighted by atomic mass is 79.9. The molecule has 4 heteroatoms. The second-order valence-electron chi connectivity index (χ2n) is 3.42. The third-order valence-electron chi connectivity index (χ3n) is 2.18. The van der Waals surface area contributed by atoms with Gasteiger partial charge in [-0.15, -0.1) is 0 Å². The van der Waals surface area contributed by atoms with Gasteiger partial charge < -0.3 is 10.5 Å². The highest BCUT2D eigenvalue weighted by Crippen LogP contribution is 2.27. The van der Waals surface area contributed by atoms with E-state index in [1.165, 1.54) is 5.56 Å². The molecule has 1 aromatic heterocycles. The summed E-state index contributed by atoms with van der Waals surface area (Å²) in [4.78, 5) is 0. The third-order valence-corrected chi connectivity index (χ3v) is 3.54. The monoisotopic (exact) mass is 297 g/mol. The van der Waals surface area contributed by atoms with Crippen LogP contribution in [0.15, 0.2) is 39.5 Å². The van der Waals surface area contributed by atoms with Gasteiger partial charge in [-0.1, -0.05) is 0 Å². The van der Waals surface area contributed by atoms with E-state index in [4.69, 9.17) is 10.5 Å². The van der Waals surface area contributed by atoms with Crippen LogP contribution in [0.2, 0.25) is 0 Å². The van der Waals surface area contributed by atoms with E-state index in [1.54, 1.807) is 11.3 Å². The van der Waals surface area contributed by atoms with Crippen molar-refractivity contribution in [3.05, 3.63) is 45.1 Å². The fourth-order valence-electron chi connectivity index (χ4n) is 1.35. The number of rotatable bonds is 4. The summed E-state index contributed by atoms with van der Waals surface area (Å²) in [5.74, 6) is 0.837. The maximum Gasteiger partial charge on any atom is 0.133 e. The molecule has 0 unspecified atom stereocenters. The number of hydrogen-bond acceptors (Lipinski definition) is 3. The Labute approximate surface area is 107 Å². The van der Waals surface area contributed by atoms with E-state index in [2.05, 4.69) is 32.8 Å². The zero-order chi connectivity index (χ0) is 11.4. The molecular weight excluding hydrogens is 286 g/mol. The summed E-state index contributed by atoms with van der Waals surface area (Å²) in [6.45, 7) is 0.680. The number of thiophene rings is 1. The first kappa shape index (κ1) is 11.5. The lowest BCUT2D eigenvalue weighted by Gasteiger charge is -2.07. The molecule has 0 atom stereocenters. The van der Waals surface area contributed by atoms with Crippen LogP contribution in [-0.2, 0) is 6.42 Å². The van der Waals surface area contributed by atoms with Crippen molar-refractivity contribution in [3.8, 4) is 5.75 Å². The zero-order valence-corrected chi connectivity index (χ0v) is 11.1. The fourth-order valence-corrected chi connectivity index (χ4v) is 2.56. The zero-order valence-electron chi connectivity index (χ0n) is 8.65. The fraction of sp³-hybridized carbons (Fsp3) is 0.167. The minimum atomic E-state index is 0.680. The van der Waals surface area contributed by atoms with Crippen molar-refractivity contribution in [2.45, 2.75) is 6.42 Å². The summed E-state index contributed by atoms with van der Waals surface area (Å²) in [5.41, 5.74) is 7.70. The van der Waals surface area contributed by atoms with Gasteiger partial charge in [0.15, 0.2) is 0 Å². The lowest BCUT2D eigenvalue weighted by Crippen LogP contribution is -2.01. The molecule has 0 spiro atoms. The summed E-state index contributed by atoms with van der Waals surface area (Å²) in [7, 11) is 0. The molecule has 2 nitrogen and oxygen atoms in total. The van der Waals surface area contributed by atoms with Crippen molar-refractivity contribution in [1.29, 1.82) is 0 Å². The average molecular weight is 298 g/mol. The first-order chi connectivity index (χ1) is 7.75. The van der Waals surface area contributed by atoms with Crippen LogP contribution in [0.5, 0.6) is 5.75 Å². The van der Waals surface area contributed by atoms with Crippen molar-refractivity contribution in [2.24, 2.45) is 0 Å². The average Bonchev–Trinajstić information content (AvgIpc) is 2.74. The van der Waals surface area contributed by atoms with Crippen molar-refractivity contribution in [3.63, 3.8) is 0 Å². The molecule has 1 heterocycles. The van der Waals surface area contributed by atoms with Crippen LogP contribution in [0.4, 0.5) is 5.69 Å². The molecule has 0 bridgehead atoms. The Hall–Kier alpha value is -1.00. The normalized spacial score (nSPS) is 10.3. The summed E-state index contributed by atoms with van der Waals surface area (Å²) >= 11 is 5.13. The quantitative estimate of drug-likeness (QED) is 0.873. The summed E-state index contributed by atoms with van der Waals surface area (Å²) in [5, 5.41) is 4.22. The Morgan fingerprint density at radius 2 is 2.19 bits per heavy atom. The van der Waals surface area contributed by atoms with Gasteiger partial charge in [0.1, 0.15) is 5.75 Å². The number of nitrogen functional groups attached to an aromatic ring is 1. The third kappa shape index (κ3) is 3.00. The summed E-state index contributed by atoms with van der Waals surface area (Å²) in [6, 6.07) is 7.68. The molecule has 0 aliphatic heterocycles. The lowest BCUT2D eigenvalue weighted by atomic mass is 10.2. The van der Waals surface area contributed by atoms with Crippen LogP contribution in [0.3, 0.4) is 0 Å². The van der Waals surface area contributed by atoms with E-state index >= 15 is 0 Å². The largest absolute Gasteiger partial charge is 0.492 e.